The lowest BCUT2D eigenvalue weighted by atomic mass is 10.3. The molecule has 110 valence electrons. The van der Waals surface area contributed by atoms with Crippen molar-refractivity contribution in [1.82, 2.24) is 9.97 Å². The van der Waals surface area contributed by atoms with Gasteiger partial charge >= 0.3 is 5.97 Å². The zero-order chi connectivity index (χ0) is 15.1. The first-order valence-electron chi connectivity index (χ1n) is 6.54. The molecule has 6 nitrogen and oxygen atoms in total. The quantitative estimate of drug-likeness (QED) is 0.761. The Hall–Kier alpha value is -2.63. The van der Waals surface area contributed by atoms with Gasteiger partial charge in [0.2, 0.25) is 5.88 Å². The second-order valence-electron chi connectivity index (χ2n) is 4.13. The number of carbonyl (C=O) groups is 1. The van der Waals surface area contributed by atoms with Gasteiger partial charge in [0, 0.05) is 0 Å². The summed E-state index contributed by atoms with van der Waals surface area (Å²) in [5.74, 6) is 0.917. The van der Waals surface area contributed by atoms with Gasteiger partial charge in [-0.15, -0.1) is 0 Å². The van der Waals surface area contributed by atoms with E-state index >= 15 is 0 Å². The summed E-state index contributed by atoms with van der Waals surface area (Å²) in [5.41, 5.74) is 0.125. The summed E-state index contributed by atoms with van der Waals surface area (Å²) in [6.07, 6.45) is 3.57. The van der Waals surface area contributed by atoms with Crippen LogP contribution in [0.4, 0.5) is 0 Å². The Morgan fingerprint density at radius 2 is 1.90 bits per heavy atom. The minimum Gasteiger partial charge on any atom is -0.490 e. The number of nitrogens with zero attached hydrogens (tertiary/aromatic N) is 2. The van der Waals surface area contributed by atoms with Crippen LogP contribution in [0, 0.1) is 0 Å². The lowest BCUT2D eigenvalue weighted by Gasteiger charge is -2.11. The van der Waals surface area contributed by atoms with E-state index in [1.807, 2.05) is 25.1 Å². The van der Waals surface area contributed by atoms with Crippen LogP contribution in [0.5, 0.6) is 17.4 Å². The molecule has 21 heavy (non-hydrogen) atoms. The zero-order valence-electron chi connectivity index (χ0n) is 11.9. The second-order valence-corrected chi connectivity index (χ2v) is 4.13. The van der Waals surface area contributed by atoms with Gasteiger partial charge < -0.3 is 14.2 Å². The SMILES string of the molecule is CCCOc1ccccc1Oc1cnc(C(=O)OC)cn1. The Bertz CT molecular complexity index is 599. The van der Waals surface area contributed by atoms with Crippen molar-refractivity contribution in [2.45, 2.75) is 13.3 Å². The fraction of sp³-hybridized carbons (Fsp3) is 0.267. The first kappa shape index (κ1) is 14.8. The van der Waals surface area contributed by atoms with Crippen molar-refractivity contribution in [2.75, 3.05) is 13.7 Å². The number of hydrogen-bond donors (Lipinski definition) is 0. The Morgan fingerprint density at radius 1 is 1.14 bits per heavy atom. The predicted molar refractivity (Wildman–Crippen MR) is 75.7 cm³/mol. The predicted octanol–water partition coefficient (Wildman–Crippen LogP) is 2.84. The van der Waals surface area contributed by atoms with E-state index in [0.29, 0.717) is 18.1 Å². The minimum absolute atomic E-state index is 0.125. The molecule has 0 radical (unpaired) electrons. The summed E-state index contributed by atoms with van der Waals surface area (Å²) in [6.45, 7) is 2.63. The number of benzene rings is 1. The third-order valence-electron chi connectivity index (χ3n) is 2.55. The fourth-order valence-electron chi connectivity index (χ4n) is 1.56. The third kappa shape index (κ3) is 3.92. The Balaban J connectivity index is 2.12. The molecular formula is C15H16N2O4. The molecule has 0 saturated carbocycles. The van der Waals surface area contributed by atoms with E-state index in [1.54, 1.807) is 6.07 Å². The normalized spacial score (nSPS) is 10.0. The van der Waals surface area contributed by atoms with Crippen LogP contribution >= 0.6 is 0 Å². The molecule has 2 aromatic rings. The lowest BCUT2D eigenvalue weighted by molar-refractivity contribution is 0.0593. The maximum absolute atomic E-state index is 11.3. The van der Waals surface area contributed by atoms with Gasteiger partial charge in [0.1, 0.15) is 0 Å². The Kier molecular flexibility index (Phi) is 5.09. The van der Waals surface area contributed by atoms with Crippen LogP contribution in [0.25, 0.3) is 0 Å². The summed E-state index contributed by atoms with van der Waals surface area (Å²) >= 11 is 0. The molecule has 0 aliphatic heterocycles. The Labute approximate surface area is 122 Å². The van der Waals surface area contributed by atoms with Crippen molar-refractivity contribution < 1.29 is 19.0 Å². The number of rotatable bonds is 6. The van der Waals surface area contributed by atoms with Crippen molar-refractivity contribution in [1.29, 1.82) is 0 Å². The molecule has 0 amide bonds. The van der Waals surface area contributed by atoms with Crippen molar-refractivity contribution in [3.8, 4) is 17.4 Å². The van der Waals surface area contributed by atoms with Crippen LogP contribution in [0.1, 0.15) is 23.8 Å². The molecule has 0 atom stereocenters. The molecule has 0 aliphatic rings. The summed E-state index contributed by atoms with van der Waals surface area (Å²) in [4.78, 5) is 19.2. The van der Waals surface area contributed by atoms with Gasteiger partial charge in [-0.25, -0.2) is 14.8 Å². The maximum Gasteiger partial charge on any atom is 0.358 e. The molecule has 0 bridgehead atoms. The van der Waals surface area contributed by atoms with Gasteiger partial charge in [-0.2, -0.15) is 0 Å². The first-order valence-corrected chi connectivity index (χ1v) is 6.54. The molecule has 6 heteroatoms. The maximum atomic E-state index is 11.3. The highest BCUT2D eigenvalue weighted by Gasteiger charge is 2.10. The molecule has 1 heterocycles. The van der Waals surface area contributed by atoms with Crippen LogP contribution in [-0.2, 0) is 4.74 Å². The molecule has 1 aromatic carbocycles. The number of carbonyl (C=O) groups excluding carboxylic acids is 1. The highest BCUT2D eigenvalue weighted by Crippen LogP contribution is 2.30. The molecule has 2 rings (SSSR count). The van der Waals surface area contributed by atoms with Crippen LogP contribution < -0.4 is 9.47 Å². The highest BCUT2D eigenvalue weighted by molar-refractivity contribution is 5.86. The number of esters is 1. The average Bonchev–Trinajstić information content (AvgIpc) is 2.54. The van der Waals surface area contributed by atoms with E-state index in [2.05, 4.69) is 14.7 Å². The molecule has 0 spiro atoms. The number of ether oxygens (including phenoxy) is 3. The monoisotopic (exact) mass is 288 g/mol. The van der Waals surface area contributed by atoms with Crippen LogP contribution in [0.2, 0.25) is 0 Å². The number of aromatic nitrogens is 2. The van der Waals surface area contributed by atoms with Crippen LogP contribution in [-0.4, -0.2) is 29.7 Å². The van der Waals surface area contributed by atoms with Gasteiger partial charge in [0.25, 0.3) is 0 Å². The number of methoxy groups -OCH3 is 1. The molecule has 0 aliphatic carbocycles. The summed E-state index contributed by atoms with van der Waals surface area (Å²) in [5, 5.41) is 0. The lowest BCUT2D eigenvalue weighted by Crippen LogP contribution is -2.05. The molecule has 0 N–H and O–H groups in total. The molecule has 0 saturated heterocycles. The zero-order valence-corrected chi connectivity index (χ0v) is 11.9. The minimum atomic E-state index is -0.541. The van der Waals surface area contributed by atoms with Gasteiger partial charge in [-0.1, -0.05) is 19.1 Å². The van der Waals surface area contributed by atoms with Gasteiger partial charge in [-0.3, -0.25) is 0 Å². The van der Waals surface area contributed by atoms with E-state index in [4.69, 9.17) is 9.47 Å². The van der Waals surface area contributed by atoms with Crippen LogP contribution in [0.3, 0.4) is 0 Å². The second kappa shape index (κ2) is 7.23. The Morgan fingerprint density at radius 3 is 2.52 bits per heavy atom. The van der Waals surface area contributed by atoms with E-state index in [1.165, 1.54) is 19.5 Å². The molecule has 0 fully saturated rings. The molecule has 0 unspecified atom stereocenters. The van der Waals surface area contributed by atoms with Gasteiger partial charge in [-0.05, 0) is 18.6 Å². The first-order chi connectivity index (χ1) is 10.2. The number of hydrogen-bond acceptors (Lipinski definition) is 6. The van der Waals surface area contributed by atoms with Crippen molar-refractivity contribution in [3.63, 3.8) is 0 Å². The van der Waals surface area contributed by atoms with Gasteiger partial charge in [0.15, 0.2) is 17.2 Å². The third-order valence-corrected chi connectivity index (χ3v) is 2.55. The van der Waals surface area contributed by atoms with E-state index in [-0.39, 0.29) is 11.6 Å². The largest absolute Gasteiger partial charge is 0.490 e. The fourth-order valence-corrected chi connectivity index (χ4v) is 1.56. The summed E-state index contributed by atoms with van der Waals surface area (Å²) < 4.78 is 15.8. The number of para-hydroxylation sites is 2. The average molecular weight is 288 g/mol. The highest BCUT2D eigenvalue weighted by atomic mass is 16.5. The van der Waals surface area contributed by atoms with E-state index in [0.717, 1.165) is 6.42 Å². The topological polar surface area (TPSA) is 70.5 Å². The summed E-state index contributed by atoms with van der Waals surface area (Å²) in [7, 11) is 1.29. The molecular weight excluding hydrogens is 272 g/mol. The van der Waals surface area contributed by atoms with E-state index in [9.17, 15) is 4.79 Å². The van der Waals surface area contributed by atoms with Crippen molar-refractivity contribution >= 4 is 5.97 Å². The molecule has 1 aromatic heterocycles. The summed E-state index contributed by atoms with van der Waals surface area (Å²) in [6, 6.07) is 7.30. The smallest absolute Gasteiger partial charge is 0.358 e. The standard InChI is InChI=1S/C15H16N2O4/c1-3-8-20-12-6-4-5-7-13(12)21-14-10-16-11(9-17-14)15(18)19-2/h4-7,9-10H,3,8H2,1-2H3. The van der Waals surface area contributed by atoms with Gasteiger partial charge in [0.05, 0.1) is 26.1 Å². The van der Waals surface area contributed by atoms with Crippen LogP contribution in [0.15, 0.2) is 36.7 Å². The van der Waals surface area contributed by atoms with Crippen molar-refractivity contribution in [2.24, 2.45) is 0 Å². The van der Waals surface area contributed by atoms with Crippen molar-refractivity contribution in [3.05, 3.63) is 42.4 Å². The van der Waals surface area contributed by atoms with E-state index < -0.39 is 5.97 Å².